The molecule has 0 fully saturated rings. The molecule has 0 unspecified atom stereocenters. The number of fused-ring (bicyclic) bond motifs is 1. The Kier molecular flexibility index (Phi) is 5.07. The number of aromatic nitrogens is 4. The number of aryl methyl sites for hydroxylation is 1. The van der Waals surface area contributed by atoms with Crippen molar-refractivity contribution in [1.82, 2.24) is 19.7 Å². The van der Waals surface area contributed by atoms with Crippen LogP contribution in [0.15, 0.2) is 77.9 Å². The summed E-state index contributed by atoms with van der Waals surface area (Å²) in [6, 6.07) is 17.6. The smallest absolute Gasteiger partial charge is 0.251 e. The van der Waals surface area contributed by atoms with E-state index in [1.165, 1.54) is 16.7 Å². The topological polar surface area (TPSA) is 63.6 Å². The van der Waals surface area contributed by atoms with E-state index in [2.05, 4.69) is 15.2 Å². The molecule has 2 aromatic carbocycles. The average Bonchev–Trinajstić information content (AvgIpc) is 3.18. The van der Waals surface area contributed by atoms with E-state index >= 15 is 0 Å². The second kappa shape index (κ2) is 8.05. The Balaban J connectivity index is 1.51. The molecule has 0 atom stereocenters. The van der Waals surface area contributed by atoms with Crippen LogP contribution in [0.5, 0.6) is 0 Å². The fraction of sp³-hybridized carbons (Fsp3) is 0.0800. The summed E-state index contributed by atoms with van der Waals surface area (Å²) in [4.78, 5) is 17.0. The lowest BCUT2D eigenvalue weighted by molar-refractivity contribution is 0.623. The fourth-order valence-electron chi connectivity index (χ4n) is 3.82. The molecule has 5 aromatic rings. The van der Waals surface area contributed by atoms with Gasteiger partial charge in [0.25, 0.3) is 5.56 Å². The molecule has 3 heterocycles. The Hall–Kier alpha value is -3.77. The molecule has 0 spiro atoms. The molecule has 0 amide bonds. The second-order valence-corrected chi connectivity index (χ2v) is 8.11. The quantitative estimate of drug-likeness (QED) is 0.392. The van der Waals surface area contributed by atoms with Crippen LogP contribution in [0.2, 0.25) is 5.02 Å². The number of nitrogens with zero attached hydrogens (tertiary/aromatic N) is 3. The summed E-state index contributed by atoms with van der Waals surface area (Å²) in [7, 11) is 0. The molecule has 0 bridgehead atoms. The summed E-state index contributed by atoms with van der Waals surface area (Å²) in [5.74, 6) is -0.425. The van der Waals surface area contributed by atoms with Gasteiger partial charge in [0.15, 0.2) is 0 Å². The molecule has 0 aliphatic carbocycles. The Morgan fingerprint density at radius 1 is 1.00 bits per heavy atom. The summed E-state index contributed by atoms with van der Waals surface area (Å²) in [6.07, 6.45) is 3.48. The van der Waals surface area contributed by atoms with Crippen LogP contribution in [-0.4, -0.2) is 19.7 Å². The number of aromatic amines is 1. The summed E-state index contributed by atoms with van der Waals surface area (Å²) >= 11 is 5.93. The van der Waals surface area contributed by atoms with Gasteiger partial charge in [-0.15, -0.1) is 0 Å². The van der Waals surface area contributed by atoms with E-state index in [1.807, 2.05) is 43.3 Å². The number of H-pyrrole nitrogens is 1. The van der Waals surface area contributed by atoms with Crippen molar-refractivity contribution in [2.45, 2.75) is 13.5 Å². The van der Waals surface area contributed by atoms with Gasteiger partial charge in [-0.3, -0.25) is 14.9 Å². The summed E-state index contributed by atoms with van der Waals surface area (Å²) in [6.45, 7) is 2.18. The summed E-state index contributed by atoms with van der Waals surface area (Å²) in [5, 5.41) is 8.81. The average molecular weight is 445 g/mol. The lowest BCUT2D eigenvalue weighted by Crippen LogP contribution is -2.19. The predicted molar refractivity (Wildman–Crippen MR) is 124 cm³/mol. The van der Waals surface area contributed by atoms with Crippen LogP contribution in [0, 0.1) is 12.7 Å². The highest BCUT2D eigenvalue weighted by Gasteiger charge is 2.11. The molecule has 158 valence electrons. The van der Waals surface area contributed by atoms with Crippen molar-refractivity contribution in [3.05, 3.63) is 106 Å². The molecule has 0 aliphatic heterocycles. The third kappa shape index (κ3) is 3.92. The van der Waals surface area contributed by atoms with Gasteiger partial charge in [0, 0.05) is 40.1 Å². The van der Waals surface area contributed by atoms with Crippen molar-refractivity contribution < 1.29 is 4.39 Å². The van der Waals surface area contributed by atoms with Crippen molar-refractivity contribution in [1.29, 1.82) is 0 Å². The van der Waals surface area contributed by atoms with Crippen LogP contribution in [0.4, 0.5) is 4.39 Å². The Bertz CT molecular complexity index is 1500. The predicted octanol–water partition coefficient (Wildman–Crippen LogP) is 5.60. The van der Waals surface area contributed by atoms with E-state index in [-0.39, 0.29) is 12.1 Å². The van der Waals surface area contributed by atoms with Crippen molar-refractivity contribution in [2.75, 3.05) is 0 Å². The molecule has 5 nitrogen and oxygen atoms in total. The van der Waals surface area contributed by atoms with E-state index in [9.17, 15) is 9.18 Å². The third-order valence-corrected chi connectivity index (χ3v) is 5.56. The third-order valence-electron chi connectivity index (χ3n) is 5.34. The molecule has 7 heteroatoms. The minimum atomic E-state index is -0.425. The van der Waals surface area contributed by atoms with Crippen molar-refractivity contribution in [2.24, 2.45) is 0 Å². The summed E-state index contributed by atoms with van der Waals surface area (Å²) < 4.78 is 15.1. The van der Waals surface area contributed by atoms with Crippen LogP contribution < -0.4 is 5.56 Å². The number of nitrogens with one attached hydrogen (secondary N) is 1. The van der Waals surface area contributed by atoms with Gasteiger partial charge in [-0.05, 0) is 72.1 Å². The van der Waals surface area contributed by atoms with E-state index in [1.54, 1.807) is 24.5 Å². The maximum absolute atomic E-state index is 13.6. The van der Waals surface area contributed by atoms with E-state index in [0.29, 0.717) is 10.6 Å². The normalized spacial score (nSPS) is 11.2. The first-order valence-corrected chi connectivity index (χ1v) is 10.4. The molecule has 0 saturated carbocycles. The Morgan fingerprint density at radius 3 is 2.62 bits per heavy atom. The van der Waals surface area contributed by atoms with Crippen LogP contribution in [0.3, 0.4) is 0 Å². The van der Waals surface area contributed by atoms with Crippen molar-refractivity contribution in [3.8, 4) is 22.4 Å². The van der Waals surface area contributed by atoms with E-state index < -0.39 is 5.82 Å². The van der Waals surface area contributed by atoms with Gasteiger partial charge in [0.05, 0.1) is 12.1 Å². The minimum absolute atomic E-state index is 0.180. The van der Waals surface area contributed by atoms with Crippen LogP contribution in [-0.2, 0) is 6.54 Å². The minimum Gasteiger partial charge on any atom is -0.311 e. The fourth-order valence-corrected chi connectivity index (χ4v) is 4.07. The Labute approximate surface area is 188 Å². The number of pyridine rings is 2. The van der Waals surface area contributed by atoms with Gasteiger partial charge in [0.1, 0.15) is 11.5 Å². The van der Waals surface area contributed by atoms with Gasteiger partial charge < -0.3 is 4.57 Å². The first-order chi connectivity index (χ1) is 15.5. The maximum atomic E-state index is 13.6. The molecule has 1 N–H and O–H groups in total. The van der Waals surface area contributed by atoms with Gasteiger partial charge in [-0.2, -0.15) is 5.10 Å². The monoisotopic (exact) mass is 444 g/mol. The first-order valence-electron chi connectivity index (χ1n) is 10.0. The number of benzene rings is 2. The van der Waals surface area contributed by atoms with Crippen LogP contribution >= 0.6 is 11.6 Å². The van der Waals surface area contributed by atoms with Crippen LogP contribution in [0.25, 0.3) is 33.3 Å². The van der Waals surface area contributed by atoms with Gasteiger partial charge in [-0.1, -0.05) is 17.7 Å². The highest BCUT2D eigenvalue weighted by atomic mass is 35.5. The molecular formula is C25H18ClFN4O. The van der Waals surface area contributed by atoms with Gasteiger partial charge in [-0.25, -0.2) is 4.39 Å². The molecule has 3 aromatic heterocycles. The van der Waals surface area contributed by atoms with Crippen molar-refractivity contribution in [3.63, 3.8) is 0 Å². The zero-order valence-corrected chi connectivity index (χ0v) is 17.9. The number of hydrogen-bond donors (Lipinski definition) is 1. The molecular weight excluding hydrogens is 427 g/mol. The number of rotatable bonds is 4. The zero-order chi connectivity index (χ0) is 22.2. The van der Waals surface area contributed by atoms with E-state index in [0.717, 1.165) is 39.0 Å². The standard InChI is InChI=1S/C25H18ClFN4O/c1-15-8-19(4-6-28-15)25-22-11-17(2-3-23(22)29-30-25)18-5-7-31(24(32)12-18)14-16-9-20(26)13-21(27)10-16/h2-13H,14H2,1H3,(H,29,30). The molecule has 32 heavy (non-hydrogen) atoms. The van der Waals surface area contributed by atoms with Gasteiger partial charge in [0.2, 0.25) is 0 Å². The lowest BCUT2D eigenvalue weighted by atomic mass is 10.0. The van der Waals surface area contributed by atoms with Crippen LogP contribution in [0.1, 0.15) is 11.3 Å². The second-order valence-electron chi connectivity index (χ2n) is 7.68. The highest BCUT2D eigenvalue weighted by molar-refractivity contribution is 6.30. The molecule has 5 rings (SSSR count). The first kappa shape index (κ1) is 20.2. The Morgan fingerprint density at radius 2 is 1.84 bits per heavy atom. The molecule has 0 aliphatic rings. The lowest BCUT2D eigenvalue weighted by Gasteiger charge is -2.09. The number of hydrogen-bond acceptors (Lipinski definition) is 3. The van der Waals surface area contributed by atoms with E-state index in [4.69, 9.17) is 11.6 Å². The maximum Gasteiger partial charge on any atom is 0.251 e. The zero-order valence-electron chi connectivity index (χ0n) is 17.1. The highest BCUT2D eigenvalue weighted by Crippen LogP contribution is 2.30. The van der Waals surface area contributed by atoms with Crippen molar-refractivity contribution >= 4 is 22.5 Å². The largest absolute Gasteiger partial charge is 0.311 e. The molecule has 0 radical (unpaired) electrons. The molecule has 0 saturated heterocycles. The van der Waals surface area contributed by atoms with Gasteiger partial charge >= 0.3 is 0 Å². The SMILES string of the molecule is Cc1cc(-c2n[nH]c3ccc(-c4ccn(Cc5cc(F)cc(Cl)c5)c(=O)c4)cc23)ccn1. The summed E-state index contributed by atoms with van der Waals surface area (Å²) in [5.41, 5.74) is 5.79. The number of halogens is 2.